The van der Waals surface area contributed by atoms with Gasteiger partial charge in [0.2, 0.25) is 0 Å². The van der Waals surface area contributed by atoms with Crippen LogP contribution in [0, 0.1) is 11.3 Å². The third-order valence-electron chi connectivity index (χ3n) is 5.25. The molecular formula is C24H36N2O4. The topological polar surface area (TPSA) is 90.6 Å². The van der Waals surface area contributed by atoms with Crippen molar-refractivity contribution in [3.8, 4) is 6.07 Å². The van der Waals surface area contributed by atoms with Crippen LogP contribution in [0.3, 0.4) is 0 Å². The van der Waals surface area contributed by atoms with Crippen LogP contribution in [0.25, 0.3) is 0 Å². The molecule has 30 heavy (non-hydrogen) atoms. The lowest BCUT2D eigenvalue weighted by Gasteiger charge is -2.33. The number of rotatable bonds is 5. The molecule has 0 spiro atoms. The number of likely N-dealkylation sites (tertiary alicyclic amines) is 1. The summed E-state index contributed by atoms with van der Waals surface area (Å²) in [7, 11) is 0. The Kier molecular flexibility index (Phi) is 9.35. The Morgan fingerprint density at radius 3 is 2.10 bits per heavy atom. The summed E-state index contributed by atoms with van der Waals surface area (Å²) in [4.78, 5) is 24.8. The van der Waals surface area contributed by atoms with E-state index in [4.69, 9.17) is 9.84 Å². The molecule has 0 saturated carbocycles. The van der Waals surface area contributed by atoms with Crippen LogP contribution in [0.1, 0.15) is 84.3 Å². The minimum Gasteiger partial charge on any atom is -0.481 e. The van der Waals surface area contributed by atoms with Gasteiger partial charge >= 0.3 is 12.1 Å². The van der Waals surface area contributed by atoms with E-state index in [9.17, 15) is 14.9 Å². The van der Waals surface area contributed by atoms with Crippen LogP contribution in [-0.4, -0.2) is 40.8 Å². The standard InChI is InChI=1S/C22H30N2O4.C2H6/c1-21(2,3)28-20(27)24-13-10-17(11-14-24)16-5-7-18(8-6-16)22(4,15-23)12-9-19(25)26;1-2/h5-8,17H,9-14H2,1-4H3,(H,25,26);1-2H3. The van der Waals surface area contributed by atoms with Crippen molar-refractivity contribution in [3.63, 3.8) is 0 Å². The Morgan fingerprint density at radius 2 is 1.67 bits per heavy atom. The highest BCUT2D eigenvalue weighted by Crippen LogP contribution is 2.33. The van der Waals surface area contributed by atoms with Crippen molar-refractivity contribution in [2.45, 2.75) is 84.2 Å². The SMILES string of the molecule is CC.CC(C)(C)OC(=O)N1CCC(c2ccc(C(C)(C#N)CCC(=O)O)cc2)CC1. The van der Waals surface area contributed by atoms with E-state index in [-0.39, 0.29) is 18.9 Å². The number of benzene rings is 1. The van der Waals surface area contributed by atoms with Gasteiger partial charge in [-0.05, 0) is 64.0 Å². The monoisotopic (exact) mass is 416 g/mol. The number of ether oxygens (including phenoxy) is 1. The first-order valence-electron chi connectivity index (χ1n) is 10.8. The fourth-order valence-corrected chi connectivity index (χ4v) is 3.47. The van der Waals surface area contributed by atoms with Crippen LogP contribution in [0.15, 0.2) is 24.3 Å². The highest BCUT2D eigenvalue weighted by Gasteiger charge is 2.29. The fourth-order valence-electron chi connectivity index (χ4n) is 3.47. The molecule has 2 rings (SSSR count). The molecule has 6 heteroatoms. The number of carboxylic acid groups (broad SMARTS) is 1. The zero-order chi connectivity index (χ0) is 22.9. The fraction of sp³-hybridized carbons (Fsp3) is 0.625. The quantitative estimate of drug-likeness (QED) is 0.687. The van der Waals surface area contributed by atoms with Gasteiger partial charge in [0.05, 0.1) is 11.5 Å². The first-order chi connectivity index (χ1) is 14.0. The maximum absolute atomic E-state index is 12.2. The lowest BCUT2D eigenvalue weighted by Crippen LogP contribution is -2.41. The highest BCUT2D eigenvalue weighted by atomic mass is 16.6. The number of carbonyl (C=O) groups excluding carboxylic acids is 1. The molecule has 0 bridgehead atoms. The molecule has 1 N–H and O–H groups in total. The lowest BCUT2D eigenvalue weighted by molar-refractivity contribution is -0.137. The number of carboxylic acids is 1. The Balaban J connectivity index is 0.00000218. The van der Waals surface area contributed by atoms with Crippen LogP contribution < -0.4 is 0 Å². The van der Waals surface area contributed by atoms with Crippen LogP contribution in [0.4, 0.5) is 4.79 Å². The molecule has 6 nitrogen and oxygen atoms in total. The average Bonchev–Trinajstić information content (AvgIpc) is 2.72. The number of amides is 1. The van der Waals surface area contributed by atoms with Crippen molar-refractivity contribution >= 4 is 12.1 Å². The van der Waals surface area contributed by atoms with Gasteiger partial charge < -0.3 is 14.7 Å². The van der Waals surface area contributed by atoms with Crippen LogP contribution in [0.2, 0.25) is 0 Å². The third-order valence-corrected chi connectivity index (χ3v) is 5.25. The van der Waals surface area contributed by atoms with E-state index in [2.05, 4.69) is 6.07 Å². The van der Waals surface area contributed by atoms with Crippen LogP contribution >= 0.6 is 0 Å². The van der Waals surface area contributed by atoms with Gasteiger partial charge in [0.25, 0.3) is 0 Å². The zero-order valence-corrected chi connectivity index (χ0v) is 19.2. The van der Waals surface area contributed by atoms with Crippen molar-refractivity contribution in [2.24, 2.45) is 0 Å². The third kappa shape index (κ3) is 7.37. The maximum Gasteiger partial charge on any atom is 0.410 e. The van der Waals surface area contributed by atoms with Gasteiger partial charge in [0.1, 0.15) is 5.60 Å². The molecule has 1 saturated heterocycles. The second-order valence-corrected chi connectivity index (χ2v) is 8.70. The Morgan fingerprint density at radius 1 is 1.13 bits per heavy atom. The number of aliphatic carboxylic acids is 1. The molecule has 0 aliphatic carbocycles. The predicted octanol–water partition coefficient (Wildman–Crippen LogP) is 5.47. The van der Waals surface area contributed by atoms with Crippen molar-refractivity contribution in [3.05, 3.63) is 35.4 Å². The molecule has 1 atom stereocenters. The van der Waals surface area contributed by atoms with Crippen molar-refractivity contribution in [1.29, 1.82) is 5.26 Å². The van der Waals surface area contributed by atoms with E-state index in [1.807, 2.05) is 58.9 Å². The summed E-state index contributed by atoms with van der Waals surface area (Å²) in [5.74, 6) is -0.532. The van der Waals surface area contributed by atoms with Crippen LogP contribution in [-0.2, 0) is 14.9 Å². The summed E-state index contributed by atoms with van der Waals surface area (Å²) < 4.78 is 5.44. The van der Waals surface area contributed by atoms with Crippen molar-refractivity contribution < 1.29 is 19.4 Å². The minimum absolute atomic E-state index is 0.0328. The van der Waals surface area contributed by atoms with Crippen molar-refractivity contribution in [2.75, 3.05) is 13.1 Å². The van der Waals surface area contributed by atoms with Gasteiger partial charge in [-0.3, -0.25) is 4.79 Å². The summed E-state index contributed by atoms with van der Waals surface area (Å²) >= 11 is 0. The molecule has 1 aliphatic rings. The van der Waals surface area contributed by atoms with E-state index in [0.29, 0.717) is 19.0 Å². The number of nitrogens with zero attached hydrogens (tertiary/aromatic N) is 2. The Bertz CT molecular complexity index is 738. The number of carbonyl (C=O) groups is 2. The van der Waals surface area contributed by atoms with E-state index in [0.717, 1.165) is 18.4 Å². The molecular weight excluding hydrogens is 380 g/mol. The number of hydrogen-bond acceptors (Lipinski definition) is 4. The largest absolute Gasteiger partial charge is 0.481 e. The summed E-state index contributed by atoms with van der Waals surface area (Å²) in [6.07, 6.45) is 1.73. The Labute approximate surface area is 180 Å². The summed E-state index contributed by atoms with van der Waals surface area (Å²) in [6.45, 7) is 12.7. The predicted molar refractivity (Wildman–Crippen MR) is 117 cm³/mol. The first-order valence-corrected chi connectivity index (χ1v) is 10.8. The molecule has 0 radical (unpaired) electrons. The van der Waals surface area contributed by atoms with E-state index >= 15 is 0 Å². The van der Waals surface area contributed by atoms with E-state index < -0.39 is 17.0 Å². The molecule has 166 valence electrons. The average molecular weight is 417 g/mol. The molecule has 1 aromatic carbocycles. The lowest BCUT2D eigenvalue weighted by atomic mass is 9.79. The second kappa shape index (κ2) is 11.0. The zero-order valence-electron chi connectivity index (χ0n) is 19.2. The molecule has 1 unspecified atom stereocenters. The summed E-state index contributed by atoms with van der Waals surface area (Å²) in [6, 6.07) is 10.2. The maximum atomic E-state index is 12.2. The number of nitriles is 1. The van der Waals surface area contributed by atoms with Gasteiger partial charge in [-0.1, -0.05) is 38.1 Å². The van der Waals surface area contributed by atoms with Gasteiger partial charge in [-0.2, -0.15) is 5.26 Å². The molecule has 1 aromatic rings. The van der Waals surface area contributed by atoms with Gasteiger partial charge in [-0.25, -0.2) is 4.79 Å². The van der Waals surface area contributed by atoms with Gasteiger partial charge in [-0.15, -0.1) is 0 Å². The number of piperidine rings is 1. The minimum atomic E-state index is -0.894. The van der Waals surface area contributed by atoms with E-state index in [1.54, 1.807) is 11.8 Å². The molecule has 1 aliphatic heterocycles. The smallest absolute Gasteiger partial charge is 0.410 e. The molecule has 1 heterocycles. The molecule has 1 fully saturated rings. The van der Waals surface area contributed by atoms with Gasteiger partial charge in [0, 0.05) is 19.5 Å². The first kappa shape index (κ1) is 25.5. The molecule has 0 aromatic heterocycles. The summed E-state index contributed by atoms with van der Waals surface area (Å²) in [5.41, 5.74) is 0.728. The summed E-state index contributed by atoms with van der Waals surface area (Å²) in [5, 5.41) is 18.4. The second-order valence-electron chi connectivity index (χ2n) is 8.70. The molecule has 1 amide bonds. The van der Waals surface area contributed by atoms with Gasteiger partial charge in [0.15, 0.2) is 0 Å². The Hall–Kier alpha value is -2.55. The van der Waals surface area contributed by atoms with E-state index in [1.165, 1.54) is 5.56 Å². The van der Waals surface area contributed by atoms with Crippen LogP contribution in [0.5, 0.6) is 0 Å². The number of hydrogen-bond donors (Lipinski definition) is 1. The van der Waals surface area contributed by atoms with Crippen molar-refractivity contribution in [1.82, 2.24) is 4.90 Å². The highest BCUT2D eigenvalue weighted by molar-refractivity contribution is 5.68. The normalized spacial score (nSPS) is 16.5.